The summed E-state index contributed by atoms with van der Waals surface area (Å²) in [6.45, 7) is 1.55. The Morgan fingerprint density at radius 3 is 2.37 bits per heavy atom. The van der Waals surface area contributed by atoms with Gasteiger partial charge in [0.25, 0.3) is 0 Å². The zero-order valence-electron chi connectivity index (χ0n) is 10.4. The molecule has 7 heteroatoms. The molecule has 1 fully saturated rings. The number of aliphatic hydroxyl groups is 1. The molecule has 1 aromatic rings. The second kappa shape index (κ2) is 5.22. The number of aliphatic hydroxyl groups excluding tert-OH is 1. The molecule has 1 aromatic carbocycles. The van der Waals surface area contributed by atoms with Gasteiger partial charge in [0, 0.05) is 22.2 Å². The second-order valence-electron chi connectivity index (χ2n) is 4.95. The van der Waals surface area contributed by atoms with E-state index in [-0.39, 0.29) is 6.54 Å². The summed E-state index contributed by atoms with van der Waals surface area (Å²) in [4.78, 5) is 0. The van der Waals surface area contributed by atoms with Crippen molar-refractivity contribution in [3.63, 3.8) is 0 Å². The molecular weight excluding hydrogens is 309 g/mol. The summed E-state index contributed by atoms with van der Waals surface area (Å²) in [5.74, 6) is 0. The van der Waals surface area contributed by atoms with Crippen LogP contribution in [-0.2, 0) is 10.0 Å². The minimum Gasteiger partial charge on any atom is -0.387 e. The van der Waals surface area contributed by atoms with Crippen molar-refractivity contribution in [1.82, 2.24) is 4.72 Å². The van der Waals surface area contributed by atoms with Gasteiger partial charge < -0.3 is 5.11 Å². The smallest absolute Gasteiger partial charge is 0.217 e. The highest BCUT2D eigenvalue weighted by Gasteiger charge is 2.49. The van der Waals surface area contributed by atoms with Crippen LogP contribution in [0.1, 0.15) is 31.4 Å². The molecule has 0 saturated heterocycles. The maximum absolute atomic E-state index is 11.9. The Labute approximate surface area is 122 Å². The van der Waals surface area contributed by atoms with Crippen molar-refractivity contribution in [2.75, 3.05) is 6.54 Å². The van der Waals surface area contributed by atoms with Crippen molar-refractivity contribution in [2.24, 2.45) is 0 Å². The van der Waals surface area contributed by atoms with E-state index >= 15 is 0 Å². The molecule has 0 spiro atoms. The Kier molecular flexibility index (Phi) is 4.14. The van der Waals surface area contributed by atoms with Gasteiger partial charge in [0.2, 0.25) is 10.0 Å². The minimum atomic E-state index is -3.41. The van der Waals surface area contributed by atoms with Gasteiger partial charge in [-0.25, -0.2) is 13.1 Å². The van der Waals surface area contributed by atoms with Crippen molar-refractivity contribution < 1.29 is 13.5 Å². The van der Waals surface area contributed by atoms with Crippen LogP contribution in [0.25, 0.3) is 0 Å². The molecule has 2 N–H and O–H groups in total. The monoisotopic (exact) mass is 323 g/mol. The van der Waals surface area contributed by atoms with Gasteiger partial charge in [0.1, 0.15) is 0 Å². The fourth-order valence-corrected chi connectivity index (χ4v) is 3.75. The van der Waals surface area contributed by atoms with Crippen molar-refractivity contribution >= 4 is 33.2 Å². The summed E-state index contributed by atoms with van der Waals surface area (Å²) < 4.78 is 25.6. The molecule has 1 unspecified atom stereocenters. The van der Waals surface area contributed by atoms with Crippen LogP contribution < -0.4 is 4.72 Å². The Morgan fingerprint density at radius 2 is 1.89 bits per heavy atom. The molecule has 1 aliphatic rings. The topological polar surface area (TPSA) is 66.4 Å². The lowest BCUT2D eigenvalue weighted by molar-refractivity contribution is 0.182. The molecule has 0 heterocycles. The van der Waals surface area contributed by atoms with Crippen LogP contribution in [0, 0.1) is 0 Å². The lowest BCUT2D eigenvalue weighted by Gasteiger charge is -2.17. The van der Waals surface area contributed by atoms with E-state index in [1.807, 2.05) is 0 Å². The lowest BCUT2D eigenvalue weighted by Crippen LogP contribution is -2.36. The highest BCUT2D eigenvalue weighted by atomic mass is 35.5. The lowest BCUT2D eigenvalue weighted by atomic mass is 10.1. The van der Waals surface area contributed by atoms with Crippen molar-refractivity contribution in [3.8, 4) is 0 Å². The zero-order chi connectivity index (χ0) is 14.3. The molecule has 0 bridgehead atoms. The summed E-state index contributed by atoms with van der Waals surface area (Å²) in [5.41, 5.74) is 0.342. The van der Waals surface area contributed by atoms with Crippen molar-refractivity contribution in [1.29, 1.82) is 0 Å². The first-order valence-corrected chi connectivity index (χ1v) is 8.12. The third kappa shape index (κ3) is 3.06. The van der Waals surface area contributed by atoms with Crippen molar-refractivity contribution in [3.05, 3.63) is 33.8 Å². The van der Waals surface area contributed by atoms with Crippen LogP contribution in [0.5, 0.6) is 0 Å². The van der Waals surface area contributed by atoms with Gasteiger partial charge in [-0.3, -0.25) is 0 Å². The summed E-state index contributed by atoms with van der Waals surface area (Å²) in [7, 11) is -3.41. The summed E-state index contributed by atoms with van der Waals surface area (Å²) >= 11 is 11.9. The van der Waals surface area contributed by atoms with Gasteiger partial charge in [-0.05, 0) is 31.9 Å². The average Bonchev–Trinajstić information content (AvgIpc) is 3.06. The highest BCUT2D eigenvalue weighted by molar-refractivity contribution is 7.91. The Morgan fingerprint density at radius 1 is 1.37 bits per heavy atom. The molecule has 0 aromatic heterocycles. The largest absolute Gasteiger partial charge is 0.387 e. The zero-order valence-corrected chi connectivity index (χ0v) is 12.7. The number of benzene rings is 1. The van der Waals surface area contributed by atoms with Gasteiger partial charge in [-0.15, -0.1) is 0 Å². The maximum atomic E-state index is 11.9. The van der Waals surface area contributed by atoms with Gasteiger partial charge in [0.15, 0.2) is 0 Å². The van der Waals surface area contributed by atoms with Gasteiger partial charge in [-0.2, -0.15) is 0 Å². The summed E-state index contributed by atoms with van der Waals surface area (Å²) in [6, 6.07) is 4.86. The van der Waals surface area contributed by atoms with E-state index in [1.165, 1.54) is 0 Å². The number of hydrogen-bond donors (Lipinski definition) is 2. The van der Waals surface area contributed by atoms with Gasteiger partial charge >= 0.3 is 0 Å². The molecule has 1 atom stereocenters. The van der Waals surface area contributed by atoms with Crippen LogP contribution in [0.15, 0.2) is 18.2 Å². The first kappa shape index (κ1) is 15.1. The fraction of sp³-hybridized carbons (Fsp3) is 0.500. The summed E-state index contributed by atoms with van der Waals surface area (Å²) in [5, 5.41) is 10.7. The molecular formula is C12H15Cl2NO3S. The van der Waals surface area contributed by atoms with E-state index in [0.717, 1.165) is 0 Å². The molecule has 1 saturated carbocycles. The van der Waals surface area contributed by atoms with E-state index < -0.39 is 20.9 Å². The number of rotatable bonds is 5. The van der Waals surface area contributed by atoms with Crippen LogP contribution >= 0.6 is 23.2 Å². The number of hydrogen-bond acceptors (Lipinski definition) is 3. The van der Waals surface area contributed by atoms with Crippen LogP contribution in [0.2, 0.25) is 10.0 Å². The third-order valence-electron chi connectivity index (χ3n) is 3.40. The van der Waals surface area contributed by atoms with Gasteiger partial charge in [0.05, 0.1) is 10.9 Å². The Hall–Kier alpha value is -0.330. The molecule has 0 radical (unpaired) electrons. The van der Waals surface area contributed by atoms with E-state index in [1.54, 1.807) is 25.1 Å². The van der Waals surface area contributed by atoms with E-state index in [4.69, 9.17) is 23.2 Å². The normalized spacial score (nSPS) is 19.2. The second-order valence-corrected chi connectivity index (χ2v) is 8.05. The Balaban J connectivity index is 2.08. The van der Waals surface area contributed by atoms with Crippen molar-refractivity contribution in [2.45, 2.75) is 30.6 Å². The SMILES string of the molecule is CC1(S(=O)(=O)NCC(O)c2c(Cl)cccc2Cl)CC1. The quantitative estimate of drug-likeness (QED) is 0.874. The molecule has 19 heavy (non-hydrogen) atoms. The molecule has 0 amide bonds. The molecule has 2 rings (SSSR count). The number of halogens is 2. The predicted octanol–water partition coefficient (Wildman–Crippen LogP) is 2.50. The van der Waals surface area contributed by atoms with E-state index in [2.05, 4.69) is 4.72 Å². The first-order valence-electron chi connectivity index (χ1n) is 5.88. The molecule has 1 aliphatic carbocycles. The standard InChI is InChI=1S/C12H15Cl2NO3S/c1-12(5-6-12)19(17,18)15-7-10(16)11-8(13)3-2-4-9(11)14/h2-4,10,15-16H,5-7H2,1H3. The molecule has 106 valence electrons. The first-order chi connectivity index (χ1) is 8.77. The third-order valence-corrected chi connectivity index (χ3v) is 6.31. The van der Waals surface area contributed by atoms with Crippen LogP contribution in [-0.4, -0.2) is 24.8 Å². The van der Waals surface area contributed by atoms with Crippen LogP contribution in [0.3, 0.4) is 0 Å². The number of nitrogens with one attached hydrogen (secondary N) is 1. The minimum absolute atomic E-state index is 0.138. The van der Waals surface area contributed by atoms with E-state index in [9.17, 15) is 13.5 Å². The Bertz CT molecular complexity index is 564. The summed E-state index contributed by atoms with van der Waals surface area (Å²) in [6.07, 6.45) is 0.217. The molecule has 0 aliphatic heterocycles. The van der Waals surface area contributed by atoms with Crippen LogP contribution in [0.4, 0.5) is 0 Å². The average molecular weight is 324 g/mol. The molecule has 4 nitrogen and oxygen atoms in total. The predicted molar refractivity (Wildman–Crippen MR) is 76.0 cm³/mol. The highest BCUT2D eigenvalue weighted by Crippen LogP contribution is 2.42. The number of sulfonamides is 1. The van der Waals surface area contributed by atoms with E-state index in [0.29, 0.717) is 28.5 Å². The van der Waals surface area contributed by atoms with Gasteiger partial charge in [-0.1, -0.05) is 29.3 Å². The maximum Gasteiger partial charge on any atom is 0.217 e. The fourth-order valence-electron chi connectivity index (χ4n) is 1.74.